The fraction of sp³-hybridized carbons (Fsp3) is 0.368. The molecule has 270 valence electrons. The van der Waals surface area contributed by atoms with E-state index in [2.05, 4.69) is 0 Å². The molecule has 0 aromatic heterocycles. The van der Waals surface area contributed by atoms with Crippen LogP contribution in [0.5, 0.6) is 23.0 Å². The Morgan fingerprint density at radius 1 is 0.340 bits per heavy atom. The van der Waals surface area contributed by atoms with E-state index < -0.39 is 24.4 Å². The first-order chi connectivity index (χ1) is 24.2. The summed E-state index contributed by atoms with van der Waals surface area (Å²) in [5.41, 5.74) is 26.2. The number of rotatable bonds is 21. The van der Waals surface area contributed by atoms with Crippen LogP contribution < -0.4 is 41.9 Å². The summed E-state index contributed by atoms with van der Waals surface area (Å²) in [5, 5.41) is 39.6. The minimum absolute atomic E-state index is 0.0790. The first kappa shape index (κ1) is 38.6. The van der Waals surface area contributed by atoms with E-state index in [1.165, 1.54) is 0 Å². The van der Waals surface area contributed by atoms with Crippen LogP contribution in [0, 0.1) is 0 Å². The van der Waals surface area contributed by atoms with Crippen LogP contribution >= 0.6 is 0 Å². The summed E-state index contributed by atoms with van der Waals surface area (Å²) < 4.78 is 23.1. The fourth-order valence-electron chi connectivity index (χ4n) is 5.28. The van der Waals surface area contributed by atoms with Crippen LogP contribution in [-0.2, 0) is 0 Å². The molecule has 12 heteroatoms. The molecule has 0 aliphatic rings. The van der Waals surface area contributed by atoms with Crippen molar-refractivity contribution in [2.45, 2.75) is 36.3 Å². The lowest BCUT2D eigenvalue weighted by Gasteiger charge is -2.30. The zero-order valence-electron chi connectivity index (χ0n) is 28.1. The molecule has 50 heavy (non-hydrogen) atoms. The molecule has 0 heterocycles. The second-order valence-electron chi connectivity index (χ2n) is 12.0. The highest BCUT2D eigenvalue weighted by molar-refractivity contribution is 5.48. The zero-order valence-corrected chi connectivity index (χ0v) is 28.1. The second-order valence-corrected chi connectivity index (χ2v) is 12.0. The maximum atomic E-state index is 9.89. The predicted molar refractivity (Wildman–Crippen MR) is 192 cm³/mol. The van der Waals surface area contributed by atoms with Gasteiger partial charge in [0.1, 0.15) is 73.8 Å². The highest BCUT2D eigenvalue weighted by Gasteiger charge is 2.29. The third-order valence-electron chi connectivity index (χ3n) is 8.15. The summed E-state index contributed by atoms with van der Waals surface area (Å²) in [6.45, 7) is 0.711. The van der Waals surface area contributed by atoms with Crippen LogP contribution in [0.25, 0.3) is 0 Å². The third kappa shape index (κ3) is 11.4. The lowest BCUT2D eigenvalue weighted by Crippen LogP contribution is -2.26. The predicted octanol–water partition coefficient (Wildman–Crippen LogP) is 1.44. The van der Waals surface area contributed by atoms with Gasteiger partial charge in [0.15, 0.2) is 0 Å². The van der Waals surface area contributed by atoms with Gasteiger partial charge in [0.2, 0.25) is 0 Å². The molecule has 0 amide bonds. The van der Waals surface area contributed by atoms with Crippen LogP contribution in [0.2, 0.25) is 0 Å². The molecular formula is C38H50N4O8. The maximum Gasteiger partial charge on any atom is 0.119 e. The largest absolute Gasteiger partial charge is 0.491 e. The highest BCUT2D eigenvalue weighted by atomic mass is 16.5. The molecule has 12 N–H and O–H groups in total. The van der Waals surface area contributed by atoms with E-state index in [0.29, 0.717) is 23.0 Å². The Bertz CT molecular complexity index is 1290. The van der Waals surface area contributed by atoms with Crippen molar-refractivity contribution in [3.8, 4) is 23.0 Å². The van der Waals surface area contributed by atoms with Crippen LogP contribution in [0.4, 0.5) is 0 Å². The Kier molecular flexibility index (Phi) is 15.3. The number of aliphatic hydroxyl groups excluding tert-OH is 4. The molecule has 0 fully saturated rings. The average molecular weight is 691 g/mol. The van der Waals surface area contributed by atoms with Crippen molar-refractivity contribution in [3.05, 3.63) is 119 Å². The van der Waals surface area contributed by atoms with E-state index in [0.717, 1.165) is 22.3 Å². The van der Waals surface area contributed by atoms with Gasteiger partial charge in [0.05, 0.1) is 0 Å². The molecule has 0 saturated carbocycles. The summed E-state index contributed by atoms with van der Waals surface area (Å²) >= 11 is 0. The Morgan fingerprint density at radius 3 is 0.680 bits per heavy atom. The van der Waals surface area contributed by atoms with Gasteiger partial charge < -0.3 is 62.3 Å². The number of hydrogen-bond acceptors (Lipinski definition) is 12. The third-order valence-corrected chi connectivity index (χ3v) is 8.15. The van der Waals surface area contributed by atoms with Gasteiger partial charge in [-0.15, -0.1) is 0 Å². The van der Waals surface area contributed by atoms with Crippen molar-refractivity contribution in [3.63, 3.8) is 0 Å². The monoisotopic (exact) mass is 690 g/mol. The summed E-state index contributed by atoms with van der Waals surface area (Å²) in [5.74, 6) is 1.95. The van der Waals surface area contributed by atoms with Crippen molar-refractivity contribution in [1.82, 2.24) is 0 Å². The summed E-state index contributed by atoms with van der Waals surface area (Å²) in [6, 6.07) is 31.0. The Morgan fingerprint density at radius 2 is 0.520 bits per heavy atom. The zero-order chi connectivity index (χ0) is 35.9. The molecule has 0 aliphatic heterocycles. The summed E-state index contributed by atoms with van der Waals surface area (Å²) in [6.07, 6.45) is -3.08. The number of aliphatic hydroxyl groups is 4. The van der Waals surface area contributed by atoms with E-state index >= 15 is 0 Å². The first-order valence-corrected chi connectivity index (χ1v) is 16.7. The van der Waals surface area contributed by atoms with Gasteiger partial charge in [-0.25, -0.2) is 0 Å². The number of nitrogens with two attached hydrogens (primary N) is 4. The topological polar surface area (TPSA) is 222 Å². The molecule has 4 atom stereocenters. The quantitative estimate of drug-likeness (QED) is 0.0623. The summed E-state index contributed by atoms with van der Waals surface area (Å²) in [7, 11) is 0. The van der Waals surface area contributed by atoms with E-state index in [1.54, 1.807) is 0 Å². The molecule has 4 aromatic rings. The minimum Gasteiger partial charge on any atom is -0.491 e. The number of hydrogen-bond donors (Lipinski definition) is 8. The van der Waals surface area contributed by atoms with Crippen molar-refractivity contribution in [2.24, 2.45) is 22.9 Å². The van der Waals surface area contributed by atoms with Gasteiger partial charge in [-0.3, -0.25) is 0 Å². The average Bonchev–Trinajstić information content (AvgIpc) is 3.17. The van der Waals surface area contributed by atoms with E-state index in [1.807, 2.05) is 97.1 Å². The molecular weight excluding hydrogens is 640 g/mol. The van der Waals surface area contributed by atoms with Crippen molar-refractivity contribution >= 4 is 0 Å². The molecule has 0 radical (unpaired) electrons. The van der Waals surface area contributed by atoms with Crippen molar-refractivity contribution in [1.29, 1.82) is 0 Å². The van der Waals surface area contributed by atoms with E-state index in [-0.39, 0.29) is 64.4 Å². The fourth-order valence-corrected chi connectivity index (χ4v) is 5.28. The molecule has 4 aromatic carbocycles. The van der Waals surface area contributed by atoms with Gasteiger partial charge in [-0.05, 0) is 70.8 Å². The van der Waals surface area contributed by atoms with Crippen molar-refractivity contribution in [2.75, 3.05) is 52.6 Å². The molecule has 4 unspecified atom stereocenters. The number of ether oxygens (including phenoxy) is 4. The van der Waals surface area contributed by atoms with Crippen LogP contribution in [0.1, 0.15) is 34.1 Å². The standard InChI is InChI=1S/C38H50N4O8/c39-17-29(43)21-47-33-9-1-25(2-10-33)37(26-3-11-34(12-4-26)48-22-30(44)18-40)38(27-5-13-35(14-6-27)49-23-31(45)19-41)28-7-15-36(16-8-28)50-24-32(46)20-42/h1-16,29-32,37-38,43-46H,17-24,39-42H2. The van der Waals surface area contributed by atoms with Gasteiger partial charge in [-0.1, -0.05) is 48.5 Å². The molecule has 0 aliphatic carbocycles. The number of benzene rings is 4. The molecule has 0 spiro atoms. The SMILES string of the molecule is NCC(O)COc1ccc(C(c2ccc(OCC(O)CN)cc2)C(c2ccc(OCC(O)CN)cc2)c2ccc(OCC(O)CN)cc2)cc1. The highest BCUT2D eigenvalue weighted by Crippen LogP contribution is 2.44. The lowest BCUT2D eigenvalue weighted by atomic mass is 9.73. The van der Waals surface area contributed by atoms with Crippen LogP contribution in [0.15, 0.2) is 97.1 Å². The normalized spacial score (nSPS) is 15.0. The maximum absolute atomic E-state index is 9.89. The first-order valence-electron chi connectivity index (χ1n) is 16.7. The van der Waals surface area contributed by atoms with Crippen molar-refractivity contribution < 1.29 is 39.4 Å². The van der Waals surface area contributed by atoms with E-state index in [9.17, 15) is 20.4 Å². The second kappa shape index (κ2) is 19.8. The Labute approximate surface area is 293 Å². The summed E-state index contributed by atoms with van der Waals surface area (Å²) in [4.78, 5) is 0. The lowest BCUT2D eigenvalue weighted by molar-refractivity contribution is 0.114. The van der Waals surface area contributed by atoms with Gasteiger partial charge in [0.25, 0.3) is 0 Å². The molecule has 4 rings (SSSR count). The molecule has 0 bridgehead atoms. The van der Waals surface area contributed by atoms with E-state index in [4.69, 9.17) is 41.9 Å². The Balaban J connectivity index is 1.76. The minimum atomic E-state index is -0.769. The smallest absolute Gasteiger partial charge is 0.119 e. The molecule has 12 nitrogen and oxygen atoms in total. The van der Waals surface area contributed by atoms with Gasteiger partial charge in [0, 0.05) is 38.0 Å². The molecule has 0 saturated heterocycles. The van der Waals surface area contributed by atoms with Crippen LogP contribution in [-0.4, -0.2) is 97.4 Å². The van der Waals surface area contributed by atoms with Gasteiger partial charge in [-0.2, -0.15) is 0 Å². The van der Waals surface area contributed by atoms with Crippen LogP contribution in [0.3, 0.4) is 0 Å². The van der Waals surface area contributed by atoms with Gasteiger partial charge >= 0.3 is 0 Å². The Hall–Kier alpha value is -4.24.